The molecule has 3 amide bonds. The van der Waals surface area contributed by atoms with Crippen LogP contribution in [0, 0.1) is 5.92 Å². The maximum absolute atomic E-state index is 13.6. The van der Waals surface area contributed by atoms with Crippen LogP contribution < -0.4 is 10.6 Å². The molecule has 1 aliphatic carbocycles. The molecule has 2 unspecified atom stereocenters. The van der Waals surface area contributed by atoms with Gasteiger partial charge in [-0.1, -0.05) is 42.6 Å². The van der Waals surface area contributed by atoms with Crippen molar-refractivity contribution in [3.05, 3.63) is 51.8 Å². The fraction of sp³-hybridized carbons (Fsp3) is 0.480. The Morgan fingerprint density at radius 3 is 2.50 bits per heavy atom. The molecule has 2 atom stereocenters. The number of benzene rings is 1. The molecular weight excluding hydrogens is 472 g/mol. The molecule has 3 rings (SSSR count). The molecule has 2 N–H and O–H groups in total. The van der Waals surface area contributed by atoms with Gasteiger partial charge in [-0.15, -0.1) is 0 Å². The summed E-state index contributed by atoms with van der Waals surface area (Å²) in [6.45, 7) is 9.29. The van der Waals surface area contributed by atoms with Crippen LogP contribution in [0.25, 0.3) is 0 Å². The number of hydrogen-bond donors (Lipinski definition) is 2. The number of likely N-dealkylation sites (N-methyl/N-ethyl adjacent to an activating group) is 1. The molecule has 1 aliphatic heterocycles. The van der Waals surface area contributed by atoms with Crippen LogP contribution in [-0.4, -0.2) is 67.3 Å². The lowest BCUT2D eigenvalue weighted by Crippen LogP contribution is -2.55. The van der Waals surface area contributed by atoms with E-state index in [9.17, 15) is 14.4 Å². The van der Waals surface area contributed by atoms with E-state index in [0.29, 0.717) is 18.5 Å². The van der Waals surface area contributed by atoms with Gasteiger partial charge in [0.1, 0.15) is 5.54 Å². The third-order valence-electron chi connectivity index (χ3n) is 6.57. The van der Waals surface area contributed by atoms with Crippen molar-refractivity contribution in [3.63, 3.8) is 0 Å². The number of halogens is 1. The minimum atomic E-state index is -1.22. The first-order valence-corrected chi connectivity index (χ1v) is 12.6. The first-order chi connectivity index (χ1) is 16.0. The lowest BCUT2D eigenvalue weighted by atomic mass is 9.93. The normalized spacial score (nSPS) is 22.3. The maximum atomic E-state index is 13.6. The van der Waals surface area contributed by atoms with Gasteiger partial charge in [0.2, 0.25) is 11.8 Å². The number of nitrogens with one attached hydrogen (secondary N) is 2. The number of nitrogens with zero attached hydrogens (tertiary/aromatic N) is 2. The highest BCUT2D eigenvalue weighted by atomic mass is 35.5. The minimum absolute atomic E-state index is 0.0552. The number of rotatable bonds is 7. The van der Waals surface area contributed by atoms with Crippen molar-refractivity contribution in [2.24, 2.45) is 5.92 Å². The van der Waals surface area contributed by atoms with Gasteiger partial charge in [0.05, 0.1) is 9.27 Å². The fourth-order valence-corrected chi connectivity index (χ4v) is 5.32. The number of carbonyl (C=O) groups excluding carboxylic acids is 3. The number of carbonyl (C=O) groups is 3. The van der Waals surface area contributed by atoms with Crippen LogP contribution in [0.5, 0.6) is 0 Å². The van der Waals surface area contributed by atoms with Gasteiger partial charge in [-0.3, -0.25) is 14.4 Å². The zero-order valence-corrected chi connectivity index (χ0v) is 21.7. The van der Waals surface area contributed by atoms with Crippen LogP contribution in [0.1, 0.15) is 30.4 Å². The van der Waals surface area contributed by atoms with Crippen molar-refractivity contribution in [1.82, 2.24) is 15.1 Å². The molecular formula is C25H33ClN4O3S. The summed E-state index contributed by atoms with van der Waals surface area (Å²) in [5.74, 6) is -1.24. The average Bonchev–Trinajstić information content (AvgIpc) is 3.11. The van der Waals surface area contributed by atoms with E-state index in [-0.39, 0.29) is 33.4 Å². The molecule has 0 bridgehead atoms. The standard InChI is InChI=1S/C25H33ClN4O3S/c1-16(34-17(2)26)22(31)28-25(11-8-20(15-25)23(32)29(3)4)24(33)27-21-7-6-18-9-12-30(5)13-10-19(18)14-21/h6-7,14,20H,1-2,8-13,15H2,3-5H3,(H,27,33)(H,28,31). The highest BCUT2D eigenvalue weighted by Gasteiger charge is 2.49. The van der Waals surface area contributed by atoms with E-state index in [0.717, 1.165) is 37.7 Å². The van der Waals surface area contributed by atoms with Gasteiger partial charge in [-0.2, -0.15) is 0 Å². The summed E-state index contributed by atoms with van der Waals surface area (Å²) in [6.07, 6.45) is 2.96. The Labute approximate surface area is 211 Å². The monoisotopic (exact) mass is 504 g/mol. The third kappa shape index (κ3) is 6.23. The molecule has 0 radical (unpaired) electrons. The van der Waals surface area contributed by atoms with Crippen molar-refractivity contribution in [2.75, 3.05) is 39.5 Å². The van der Waals surface area contributed by atoms with Gasteiger partial charge >= 0.3 is 0 Å². The average molecular weight is 505 g/mol. The molecule has 34 heavy (non-hydrogen) atoms. The molecule has 9 heteroatoms. The summed E-state index contributed by atoms with van der Waals surface area (Å²) in [6, 6.07) is 5.99. The molecule has 0 aromatic heterocycles. The van der Waals surface area contributed by atoms with Crippen LogP contribution in [-0.2, 0) is 27.2 Å². The predicted octanol–water partition coefficient (Wildman–Crippen LogP) is 3.36. The smallest absolute Gasteiger partial charge is 0.258 e. The Bertz CT molecular complexity index is 1010. The molecule has 1 saturated carbocycles. The molecule has 1 heterocycles. The van der Waals surface area contributed by atoms with E-state index in [4.69, 9.17) is 11.6 Å². The quantitative estimate of drug-likeness (QED) is 0.556. The van der Waals surface area contributed by atoms with Gasteiger partial charge < -0.3 is 20.4 Å². The van der Waals surface area contributed by atoms with Crippen molar-refractivity contribution in [2.45, 2.75) is 37.6 Å². The minimum Gasteiger partial charge on any atom is -0.349 e. The summed E-state index contributed by atoms with van der Waals surface area (Å²) in [4.78, 5) is 43.0. The molecule has 7 nitrogen and oxygen atoms in total. The van der Waals surface area contributed by atoms with E-state index in [1.54, 1.807) is 14.1 Å². The number of amides is 3. The Morgan fingerprint density at radius 2 is 1.85 bits per heavy atom. The van der Waals surface area contributed by atoms with Crippen LogP contribution in [0.4, 0.5) is 5.69 Å². The zero-order valence-electron chi connectivity index (χ0n) is 20.1. The maximum Gasteiger partial charge on any atom is 0.258 e. The first kappa shape index (κ1) is 26.3. The van der Waals surface area contributed by atoms with Crippen molar-refractivity contribution >= 4 is 46.8 Å². The van der Waals surface area contributed by atoms with Crippen molar-refractivity contribution in [1.29, 1.82) is 0 Å². The van der Waals surface area contributed by atoms with E-state index in [1.807, 2.05) is 12.1 Å². The molecule has 0 spiro atoms. The summed E-state index contributed by atoms with van der Waals surface area (Å²) < 4.78 is 0.210. The lowest BCUT2D eigenvalue weighted by Gasteiger charge is -2.30. The topological polar surface area (TPSA) is 81.8 Å². The second-order valence-electron chi connectivity index (χ2n) is 9.33. The number of hydrogen-bond acceptors (Lipinski definition) is 5. The molecule has 1 aromatic carbocycles. The molecule has 1 fully saturated rings. The van der Waals surface area contributed by atoms with E-state index in [2.05, 4.69) is 41.8 Å². The summed E-state index contributed by atoms with van der Waals surface area (Å²) >= 11 is 6.75. The van der Waals surface area contributed by atoms with Crippen molar-refractivity contribution < 1.29 is 14.4 Å². The van der Waals surface area contributed by atoms with Gasteiger partial charge in [-0.25, -0.2) is 0 Å². The first-order valence-electron chi connectivity index (χ1n) is 11.4. The second-order valence-corrected chi connectivity index (χ2v) is 11.2. The van der Waals surface area contributed by atoms with Gasteiger partial charge in [0.15, 0.2) is 0 Å². The van der Waals surface area contributed by atoms with Crippen LogP contribution in [0.2, 0.25) is 0 Å². The Hall–Kier alpha value is -2.29. The molecule has 0 saturated heterocycles. The van der Waals surface area contributed by atoms with Crippen molar-refractivity contribution in [3.8, 4) is 0 Å². The highest BCUT2D eigenvalue weighted by molar-refractivity contribution is 8.08. The SMILES string of the molecule is C=C(Cl)SC(=C)C(=O)NC1(C(=O)Nc2ccc3c(c2)CCN(C)CC3)CCC(C(=O)N(C)C)C1. The predicted molar refractivity (Wildman–Crippen MR) is 139 cm³/mol. The van der Waals surface area contributed by atoms with E-state index < -0.39 is 11.4 Å². The third-order valence-corrected chi connectivity index (χ3v) is 7.45. The Balaban J connectivity index is 1.82. The molecule has 1 aromatic rings. The van der Waals surface area contributed by atoms with Gasteiger partial charge in [-0.05, 0) is 62.4 Å². The van der Waals surface area contributed by atoms with Gasteiger partial charge in [0, 0.05) is 38.8 Å². The fourth-order valence-electron chi connectivity index (χ4n) is 4.63. The summed E-state index contributed by atoms with van der Waals surface area (Å²) in [7, 11) is 5.50. The van der Waals surface area contributed by atoms with Crippen LogP contribution >= 0.6 is 23.4 Å². The zero-order chi connectivity index (χ0) is 25.0. The lowest BCUT2D eigenvalue weighted by molar-refractivity contribution is -0.133. The van der Waals surface area contributed by atoms with Crippen LogP contribution in [0.3, 0.4) is 0 Å². The summed E-state index contributed by atoms with van der Waals surface area (Å²) in [5, 5.41) is 5.88. The van der Waals surface area contributed by atoms with Crippen LogP contribution in [0.15, 0.2) is 40.6 Å². The number of fused-ring (bicyclic) bond motifs is 1. The van der Waals surface area contributed by atoms with Gasteiger partial charge in [0.25, 0.3) is 5.91 Å². The number of thioether (sulfide) groups is 1. The van der Waals surface area contributed by atoms with E-state index in [1.165, 1.54) is 16.0 Å². The Kier molecular flexibility index (Phi) is 8.49. The Morgan fingerprint density at radius 1 is 1.18 bits per heavy atom. The molecule has 2 aliphatic rings. The largest absolute Gasteiger partial charge is 0.349 e. The summed E-state index contributed by atoms with van der Waals surface area (Å²) in [5.41, 5.74) is 1.97. The molecule has 184 valence electrons. The van der Waals surface area contributed by atoms with E-state index >= 15 is 0 Å². The second kappa shape index (κ2) is 11.0. The number of anilines is 1. The highest BCUT2D eigenvalue weighted by Crippen LogP contribution is 2.38.